The number of aryl methyl sites for hydroxylation is 3. The van der Waals surface area contributed by atoms with Crippen molar-refractivity contribution in [1.29, 1.82) is 0 Å². The van der Waals surface area contributed by atoms with Crippen LogP contribution in [0.15, 0.2) is 65.8 Å². The molecular formula is C36H45N5O3S. The zero-order valence-electron chi connectivity index (χ0n) is 27.3. The number of nitrogens with zero attached hydrogens (tertiary/aromatic N) is 2. The maximum Gasteiger partial charge on any atom is 0.254 e. The average Bonchev–Trinajstić information content (AvgIpc) is 3.45. The second-order valence-electron chi connectivity index (χ2n) is 12.7. The van der Waals surface area contributed by atoms with E-state index in [0.29, 0.717) is 12.2 Å². The average molecular weight is 628 g/mol. The van der Waals surface area contributed by atoms with Crippen molar-refractivity contribution < 1.29 is 13.2 Å². The minimum atomic E-state index is -3.27. The molecule has 0 fully saturated rings. The van der Waals surface area contributed by atoms with Crippen molar-refractivity contribution in [2.24, 2.45) is 10.5 Å². The molecule has 0 spiro atoms. The summed E-state index contributed by atoms with van der Waals surface area (Å²) < 4.78 is 25.4. The number of sulfonamides is 1. The number of anilines is 1. The summed E-state index contributed by atoms with van der Waals surface area (Å²) in [5.41, 5.74) is 10.0. The number of aromatic nitrogens is 1. The van der Waals surface area contributed by atoms with E-state index in [1.54, 1.807) is 5.01 Å². The Hall–Kier alpha value is -3.95. The molecule has 0 radical (unpaired) electrons. The Balaban J connectivity index is 1.29. The number of unbranched alkanes of at least 4 members (excludes halogenated alkanes) is 1. The van der Waals surface area contributed by atoms with E-state index in [4.69, 9.17) is 5.10 Å². The predicted octanol–water partition coefficient (Wildman–Crippen LogP) is 6.57. The topological polar surface area (TPSA) is 107 Å². The minimum Gasteiger partial charge on any atom is -0.354 e. The largest absolute Gasteiger partial charge is 0.354 e. The van der Waals surface area contributed by atoms with Crippen LogP contribution in [0.2, 0.25) is 0 Å². The smallest absolute Gasteiger partial charge is 0.254 e. The summed E-state index contributed by atoms with van der Waals surface area (Å²) in [7, 11) is -3.27. The number of hydrazone groups is 1. The van der Waals surface area contributed by atoms with E-state index in [2.05, 4.69) is 65.3 Å². The highest BCUT2D eigenvalue weighted by Crippen LogP contribution is 2.36. The fourth-order valence-electron chi connectivity index (χ4n) is 6.24. The van der Waals surface area contributed by atoms with E-state index < -0.39 is 15.4 Å². The zero-order chi connectivity index (χ0) is 32.4. The lowest BCUT2D eigenvalue weighted by Crippen LogP contribution is -2.34. The summed E-state index contributed by atoms with van der Waals surface area (Å²) in [4.78, 5) is 16.7. The normalized spacial score (nSPS) is 14.8. The molecule has 4 aromatic rings. The lowest BCUT2D eigenvalue weighted by atomic mass is 9.83. The number of H-pyrrole nitrogens is 1. The number of amides is 1. The second-order valence-corrected chi connectivity index (χ2v) is 14.5. The van der Waals surface area contributed by atoms with Crippen LogP contribution in [0.1, 0.15) is 61.4 Å². The van der Waals surface area contributed by atoms with Crippen LogP contribution in [0.25, 0.3) is 22.2 Å². The Morgan fingerprint density at radius 1 is 0.889 bits per heavy atom. The van der Waals surface area contributed by atoms with E-state index >= 15 is 0 Å². The third-order valence-corrected chi connectivity index (χ3v) is 9.06. The molecule has 2 heterocycles. The van der Waals surface area contributed by atoms with Gasteiger partial charge in [-0.3, -0.25) is 9.52 Å². The monoisotopic (exact) mass is 627 g/mol. The fourth-order valence-corrected chi connectivity index (χ4v) is 6.80. The predicted molar refractivity (Wildman–Crippen MR) is 185 cm³/mol. The third-order valence-electron chi connectivity index (χ3n) is 8.45. The van der Waals surface area contributed by atoms with Crippen LogP contribution < -0.4 is 10.0 Å². The number of benzene rings is 3. The number of hydrogen-bond acceptors (Lipinski definition) is 5. The molecule has 0 unspecified atom stereocenters. The molecule has 9 heteroatoms. The van der Waals surface area contributed by atoms with Gasteiger partial charge in [-0.25, -0.2) is 13.4 Å². The molecule has 5 rings (SSSR count). The molecule has 0 saturated carbocycles. The highest BCUT2D eigenvalue weighted by atomic mass is 32.2. The van der Waals surface area contributed by atoms with Gasteiger partial charge in [-0.05, 0) is 132 Å². The molecule has 0 aliphatic carbocycles. The van der Waals surface area contributed by atoms with Gasteiger partial charge in [0.25, 0.3) is 5.91 Å². The molecule has 0 saturated heterocycles. The Labute approximate surface area is 267 Å². The van der Waals surface area contributed by atoms with E-state index in [9.17, 15) is 13.2 Å². The number of aromatic amines is 1. The minimum absolute atomic E-state index is 0.0375. The van der Waals surface area contributed by atoms with Crippen LogP contribution in [0.5, 0.6) is 0 Å². The molecule has 45 heavy (non-hydrogen) atoms. The summed E-state index contributed by atoms with van der Waals surface area (Å²) >= 11 is 0. The number of rotatable bonds is 13. The molecule has 238 valence electrons. The van der Waals surface area contributed by atoms with Gasteiger partial charge < -0.3 is 10.3 Å². The van der Waals surface area contributed by atoms with Crippen LogP contribution in [0, 0.1) is 19.3 Å². The van der Waals surface area contributed by atoms with E-state index in [1.165, 1.54) is 27.8 Å². The molecule has 0 bridgehead atoms. The molecule has 1 aromatic heterocycles. The summed E-state index contributed by atoms with van der Waals surface area (Å²) in [6, 6.07) is 20.7. The van der Waals surface area contributed by atoms with Crippen LogP contribution in [-0.4, -0.2) is 55.9 Å². The van der Waals surface area contributed by atoms with Crippen molar-refractivity contribution in [1.82, 2.24) is 15.3 Å². The number of fused-ring (bicyclic) bond motifs is 1. The van der Waals surface area contributed by atoms with Gasteiger partial charge in [0.05, 0.1) is 17.4 Å². The molecule has 0 atom stereocenters. The van der Waals surface area contributed by atoms with E-state index in [-0.39, 0.29) is 5.91 Å². The first-order valence-electron chi connectivity index (χ1n) is 15.8. The van der Waals surface area contributed by atoms with Crippen LogP contribution in [-0.2, 0) is 27.7 Å². The first kappa shape index (κ1) is 32.4. The summed E-state index contributed by atoms with van der Waals surface area (Å²) in [6.07, 6.45) is 5.05. The van der Waals surface area contributed by atoms with Gasteiger partial charge in [0.15, 0.2) is 0 Å². The van der Waals surface area contributed by atoms with E-state index in [0.717, 1.165) is 72.9 Å². The van der Waals surface area contributed by atoms with Gasteiger partial charge >= 0.3 is 0 Å². The van der Waals surface area contributed by atoms with E-state index in [1.807, 2.05) is 45.0 Å². The van der Waals surface area contributed by atoms with Gasteiger partial charge in [0.1, 0.15) is 0 Å². The van der Waals surface area contributed by atoms with Gasteiger partial charge in [0, 0.05) is 28.8 Å². The van der Waals surface area contributed by atoms with Crippen molar-refractivity contribution in [3.05, 3.63) is 88.5 Å². The number of nitrogens with one attached hydrogen (secondary N) is 3. The van der Waals surface area contributed by atoms with Crippen molar-refractivity contribution in [3.8, 4) is 11.3 Å². The van der Waals surface area contributed by atoms with Gasteiger partial charge in [0.2, 0.25) is 10.0 Å². The fraction of sp³-hybridized carbons (Fsp3) is 0.389. The molecule has 1 aliphatic heterocycles. The molecule has 3 N–H and O–H groups in total. The van der Waals surface area contributed by atoms with Crippen molar-refractivity contribution in [3.63, 3.8) is 0 Å². The Morgan fingerprint density at radius 3 is 2.24 bits per heavy atom. The van der Waals surface area contributed by atoms with Crippen molar-refractivity contribution in [2.45, 2.75) is 60.3 Å². The standard InChI is InChI=1S/C36H45N5O3S/c1-7-41-35(42)36(4,5)34(39-41)27-13-16-32-31(23-27)30(33(38-32)28-21-24(2)20-25(3)22-28)17-19-37-18-9-8-10-26-11-14-29(15-12-26)40-45(6,43)44/h11-16,20-23,37-38,40H,7-10,17-19H2,1-6H3. The number of carbonyl (C=O) groups excluding carboxylic acids is 1. The van der Waals surface area contributed by atoms with Crippen LogP contribution >= 0.6 is 0 Å². The molecule has 1 amide bonds. The highest BCUT2D eigenvalue weighted by Gasteiger charge is 2.43. The van der Waals surface area contributed by atoms with Crippen LogP contribution in [0.4, 0.5) is 5.69 Å². The summed E-state index contributed by atoms with van der Waals surface area (Å²) in [5, 5.41) is 11.1. The Bertz CT molecular complexity index is 1820. The van der Waals surface area contributed by atoms with Crippen molar-refractivity contribution in [2.75, 3.05) is 30.6 Å². The lowest BCUT2D eigenvalue weighted by molar-refractivity contribution is -0.134. The number of hydrogen-bond donors (Lipinski definition) is 3. The summed E-state index contributed by atoms with van der Waals surface area (Å²) in [5.74, 6) is 0.0375. The molecule has 3 aromatic carbocycles. The Kier molecular flexibility index (Phi) is 9.51. The van der Waals surface area contributed by atoms with Gasteiger partial charge in [-0.15, -0.1) is 0 Å². The SMILES string of the molecule is CCN1N=C(c2ccc3[nH]c(-c4cc(C)cc(C)c4)c(CCNCCCCc4ccc(NS(C)(=O)=O)cc4)c3c2)C(C)(C)C1=O. The lowest BCUT2D eigenvalue weighted by Gasteiger charge is -2.19. The molecule has 8 nitrogen and oxygen atoms in total. The molecular weight excluding hydrogens is 582 g/mol. The second kappa shape index (κ2) is 13.2. The first-order valence-corrected chi connectivity index (χ1v) is 17.7. The maximum atomic E-state index is 13.0. The van der Waals surface area contributed by atoms with Gasteiger partial charge in [-0.1, -0.05) is 35.4 Å². The Morgan fingerprint density at radius 2 is 1.60 bits per heavy atom. The van der Waals surface area contributed by atoms with Crippen LogP contribution in [0.3, 0.4) is 0 Å². The maximum absolute atomic E-state index is 13.0. The number of carbonyl (C=O) groups is 1. The quantitative estimate of drug-likeness (QED) is 0.146. The first-order chi connectivity index (χ1) is 21.4. The third kappa shape index (κ3) is 7.48. The highest BCUT2D eigenvalue weighted by molar-refractivity contribution is 7.92. The summed E-state index contributed by atoms with van der Waals surface area (Å²) in [6.45, 7) is 12.5. The van der Waals surface area contributed by atoms with Crippen molar-refractivity contribution >= 4 is 38.2 Å². The zero-order valence-corrected chi connectivity index (χ0v) is 28.1. The van der Waals surface area contributed by atoms with Gasteiger partial charge in [-0.2, -0.15) is 5.10 Å². The molecule has 1 aliphatic rings.